The lowest BCUT2D eigenvalue weighted by atomic mass is 9.89. The Balaban J connectivity index is 1.70. The van der Waals surface area contributed by atoms with E-state index in [0.717, 1.165) is 11.1 Å². The lowest BCUT2D eigenvalue weighted by Gasteiger charge is -2.17. The summed E-state index contributed by atoms with van der Waals surface area (Å²) in [5.41, 5.74) is 1.94. The van der Waals surface area contributed by atoms with E-state index in [2.05, 4.69) is 4.98 Å². The van der Waals surface area contributed by atoms with Gasteiger partial charge in [-0.2, -0.15) is 0 Å². The van der Waals surface area contributed by atoms with Crippen LogP contribution in [0.4, 0.5) is 0 Å². The number of methoxy groups -OCH3 is 1. The highest BCUT2D eigenvalue weighted by atomic mass is 16.5. The molecule has 26 heavy (non-hydrogen) atoms. The second kappa shape index (κ2) is 7.99. The Morgan fingerprint density at radius 1 is 1.23 bits per heavy atom. The van der Waals surface area contributed by atoms with Gasteiger partial charge in [-0.15, -0.1) is 0 Å². The maximum Gasteiger partial charge on any atom is 0.308 e. The van der Waals surface area contributed by atoms with E-state index in [0.29, 0.717) is 25.1 Å². The Labute approximate surface area is 152 Å². The molecule has 0 spiro atoms. The van der Waals surface area contributed by atoms with Crippen LogP contribution in [0, 0.1) is 5.92 Å². The molecule has 2 unspecified atom stereocenters. The van der Waals surface area contributed by atoms with Crippen LogP contribution < -0.4 is 4.74 Å². The largest absolute Gasteiger partial charge is 0.497 e. The summed E-state index contributed by atoms with van der Waals surface area (Å²) in [7, 11) is 1.58. The van der Waals surface area contributed by atoms with Crippen LogP contribution in [0.15, 0.2) is 48.8 Å². The van der Waals surface area contributed by atoms with Crippen molar-refractivity contribution in [2.45, 2.75) is 18.8 Å². The van der Waals surface area contributed by atoms with Crippen molar-refractivity contribution in [1.82, 2.24) is 9.88 Å². The summed E-state index contributed by atoms with van der Waals surface area (Å²) in [6.45, 7) is 0.658. The molecule has 0 bridgehead atoms. The molecule has 1 fully saturated rings. The van der Waals surface area contributed by atoms with Crippen LogP contribution in [0.25, 0.3) is 0 Å². The average molecular weight is 354 g/mol. The molecule has 0 aliphatic carbocycles. The first-order valence-corrected chi connectivity index (χ1v) is 8.62. The summed E-state index contributed by atoms with van der Waals surface area (Å²) in [5.74, 6) is -1.03. The number of carbonyl (C=O) groups excluding carboxylic acids is 1. The monoisotopic (exact) mass is 354 g/mol. The zero-order chi connectivity index (χ0) is 18.5. The number of pyridine rings is 1. The molecule has 1 aliphatic rings. The molecule has 1 amide bonds. The molecule has 2 atom stereocenters. The van der Waals surface area contributed by atoms with Crippen molar-refractivity contribution >= 4 is 11.9 Å². The van der Waals surface area contributed by atoms with Gasteiger partial charge in [0.1, 0.15) is 5.75 Å². The number of aromatic nitrogens is 1. The van der Waals surface area contributed by atoms with Gasteiger partial charge in [0.15, 0.2) is 0 Å². The fourth-order valence-corrected chi connectivity index (χ4v) is 3.43. The number of carboxylic acid groups (broad SMARTS) is 1. The Bertz CT molecular complexity index is 778. The van der Waals surface area contributed by atoms with Crippen molar-refractivity contribution in [3.05, 3.63) is 59.9 Å². The van der Waals surface area contributed by atoms with E-state index >= 15 is 0 Å². The molecule has 0 radical (unpaired) electrons. The van der Waals surface area contributed by atoms with Gasteiger partial charge in [-0.1, -0.05) is 12.1 Å². The van der Waals surface area contributed by atoms with Gasteiger partial charge in [-0.05, 0) is 41.8 Å². The van der Waals surface area contributed by atoms with Crippen LogP contribution in [0.1, 0.15) is 23.5 Å². The van der Waals surface area contributed by atoms with Gasteiger partial charge in [0.25, 0.3) is 0 Å². The van der Waals surface area contributed by atoms with E-state index in [1.807, 2.05) is 36.4 Å². The van der Waals surface area contributed by atoms with Crippen LogP contribution in [0.2, 0.25) is 0 Å². The van der Waals surface area contributed by atoms with Crippen molar-refractivity contribution in [3.8, 4) is 5.75 Å². The number of hydrogen-bond acceptors (Lipinski definition) is 4. The van der Waals surface area contributed by atoms with Gasteiger partial charge < -0.3 is 14.7 Å². The van der Waals surface area contributed by atoms with Gasteiger partial charge in [-0.3, -0.25) is 14.6 Å². The minimum absolute atomic E-state index is 0.0153. The van der Waals surface area contributed by atoms with E-state index < -0.39 is 11.9 Å². The Kier molecular flexibility index (Phi) is 5.51. The Hall–Kier alpha value is -2.89. The Morgan fingerprint density at radius 3 is 2.69 bits per heavy atom. The highest BCUT2D eigenvalue weighted by molar-refractivity contribution is 5.80. The van der Waals surface area contributed by atoms with Gasteiger partial charge in [0.05, 0.1) is 13.0 Å². The number of rotatable bonds is 6. The third-order valence-electron chi connectivity index (χ3n) is 4.89. The number of amides is 1. The second-order valence-electron chi connectivity index (χ2n) is 6.48. The minimum Gasteiger partial charge on any atom is -0.497 e. The van der Waals surface area contributed by atoms with Crippen molar-refractivity contribution < 1.29 is 19.4 Å². The standard InChI is InChI=1S/C20H22N2O4/c1-26-16-4-2-3-15(11-16)17-12-22(13-18(17)20(24)25)19(23)6-5-14-7-9-21-10-8-14/h2-4,7-11,17-18H,5-6,12-13H2,1H3,(H,24,25). The molecule has 1 aromatic carbocycles. The maximum absolute atomic E-state index is 12.6. The molecule has 6 nitrogen and oxygen atoms in total. The second-order valence-corrected chi connectivity index (χ2v) is 6.48. The first-order valence-electron chi connectivity index (χ1n) is 8.62. The van der Waals surface area contributed by atoms with Crippen molar-refractivity contribution in [2.24, 2.45) is 5.92 Å². The summed E-state index contributed by atoms with van der Waals surface area (Å²) in [6.07, 6.45) is 4.39. The molecule has 1 aliphatic heterocycles. The lowest BCUT2D eigenvalue weighted by Crippen LogP contribution is -2.30. The first kappa shape index (κ1) is 17.9. The van der Waals surface area contributed by atoms with E-state index in [4.69, 9.17) is 4.74 Å². The van der Waals surface area contributed by atoms with Crippen molar-refractivity contribution in [1.29, 1.82) is 0 Å². The van der Waals surface area contributed by atoms with Gasteiger partial charge in [0.2, 0.25) is 5.91 Å². The number of aryl methyl sites for hydroxylation is 1. The fourth-order valence-electron chi connectivity index (χ4n) is 3.43. The zero-order valence-electron chi connectivity index (χ0n) is 14.7. The Morgan fingerprint density at radius 2 is 2.00 bits per heavy atom. The smallest absolute Gasteiger partial charge is 0.308 e. The number of ether oxygens (including phenoxy) is 1. The molecule has 1 N–H and O–H groups in total. The molecule has 1 aromatic heterocycles. The normalized spacial score (nSPS) is 19.3. The third kappa shape index (κ3) is 4.02. The van der Waals surface area contributed by atoms with Crippen LogP contribution in [0.3, 0.4) is 0 Å². The number of carbonyl (C=O) groups is 2. The summed E-state index contributed by atoms with van der Waals surface area (Å²) < 4.78 is 5.24. The number of carboxylic acids is 1. The number of nitrogens with zero attached hydrogens (tertiary/aromatic N) is 2. The van der Waals surface area contributed by atoms with Crippen molar-refractivity contribution in [3.63, 3.8) is 0 Å². The average Bonchev–Trinajstić information content (AvgIpc) is 3.13. The van der Waals surface area contributed by atoms with Crippen LogP contribution in [0.5, 0.6) is 5.75 Å². The molecular formula is C20H22N2O4. The SMILES string of the molecule is COc1cccc(C2CN(C(=O)CCc3ccncc3)CC2C(=O)O)c1. The summed E-state index contributed by atoms with van der Waals surface area (Å²) in [4.78, 5) is 29.9. The summed E-state index contributed by atoms with van der Waals surface area (Å²) in [6, 6.07) is 11.2. The summed E-state index contributed by atoms with van der Waals surface area (Å²) >= 11 is 0. The van der Waals surface area contributed by atoms with E-state index in [-0.39, 0.29) is 18.4 Å². The first-order chi connectivity index (χ1) is 12.6. The highest BCUT2D eigenvalue weighted by Gasteiger charge is 2.40. The third-order valence-corrected chi connectivity index (χ3v) is 4.89. The van der Waals surface area contributed by atoms with Crippen LogP contribution in [-0.4, -0.2) is 47.1 Å². The molecule has 3 rings (SSSR count). The van der Waals surface area contributed by atoms with Gasteiger partial charge in [-0.25, -0.2) is 0 Å². The maximum atomic E-state index is 12.6. The van der Waals surface area contributed by atoms with Crippen molar-refractivity contribution in [2.75, 3.05) is 20.2 Å². The number of benzene rings is 1. The number of hydrogen-bond donors (Lipinski definition) is 1. The number of likely N-dealkylation sites (tertiary alicyclic amines) is 1. The molecule has 0 saturated carbocycles. The van der Waals surface area contributed by atoms with Gasteiger partial charge >= 0.3 is 5.97 Å². The number of aliphatic carboxylic acids is 1. The fraction of sp³-hybridized carbons (Fsp3) is 0.350. The highest BCUT2D eigenvalue weighted by Crippen LogP contribution is 2.34. The molecule has 2 aromatic rings. The quantitative estimate of drug-likeness (QED) is 0.861. The predicted molar refractivity (Wildman–Crippen MR) is 96.0 cm³/mol. The molecule has 136 valence electrons. The molecule has 6 heteroatoms. The lowest BCUT2D eigenvalue weighted by molar-refractivity contribution is -0.141. The van der Waals surface area contributed by atoms with E-state index in [1.165, 1.54) is 0 Å². The molecule has 2 heterocycles. The van der Waals surface area contributed by atoms with Crippen LogP contribution >= 0.6 is 0 Å². The summed E-state index contributed by atoms with van der Waals surface area (Å²) in [5, 5.41) is 9.60. The topological polar surface area (TPSA) is 79.7 Å². The minimum atomic E-state index is -0.873. The molecule has 1 saturated heterocycles. The van der Waals surface area contributed by atoms with Gasteiger partial charge in [0, 0.05) is 37.8 Å². The predicted octanol–water partition coefficient (Wildman–Crippen LogP) is 2.35. The van der Waals surface area contributed by atoms with Crippen LogP contribution in [-0.2, 0) is 16.0 Å². The molecular weight excluding hydrogens is 332 g/mol. The van der Waals surface area contributed by atoms with E-state index in [1.54, 1.807) is 24.4 Å². The van der Waals surface area contributed by atoms with E-state index in [9.17, 15) is 14.7 Å². The zero-order valence-corrected chi connectivity index (χ0v) is 14.7.